The van der Waals surface area contributed by atoms with E-state index in [0.717, 1.165) is 53.9 Å². The molecule has 0 atom stereocenters. The number of methoxy groups -OCH3 is 1. The van der Waals surface area contributed by atoms with Gasteiger partial charge in [-0.1, -0.05) is 6.07 Å². The number of anilines is 1. The number of aryl methyl sites for hydroxylation is 2. The highest BCUT2D eigenvalue weighted by atomic mass is 32.1. The maximum Gasteiger partial charge on any atom is 0.319 e. The summed E-state index contributed by atoms with van der Waals surface area (Å²) < 4.78 is 4.83. The second kappa shape index (κ2) is 8.14. The van der Waals surface area contributed by atoms with Gasteiger partial charge in [0.2, 0.25) is 0 Å². The Labute approximate surface area is 172 Å². The van der Waals surface area contributed by atoms with Crippen molar-refractivity contribution in [1.29, 1.82) is 0 Å². The summed E-state index contributed by atoms with van der Waals surface area (Å²) in [6.45, 7) is 8.12. The van der Waals surface area contributed by atoms with Crippen LogP contribution in [0.1, 0.15) is 16.9 Å². The second-order valence-electron chi connectivity index (χ2n) is 7.00. The maximum atomic E-state index is 11.6. The SMILES string of the molecule is COC(=O)CN1CCCN(c2nc(-c3cccs3)nc3sc(C)c(C)c23)CC1. The molecular weight excluding hydrogens is 392 g/mol. The van der Waals surface area contributed by atoms with Crippen molar-refractivity contribution in [3.05, 3.63) is 28.0 Å². The van der Waals surface area contributed by atoms with Crippen molar-refractivity contribution in [3.8, 4) is 10.7 Å². The summed E-state index contributed by atoms with van der Waals surface area (Å²) in [6, 6.07) is 4.11. The van der Waals surface area contributed by atoms with Gasteiger partial charge in [0.15, 0.2) is 5.82 Å². The lowest BCUT2D eigenvalue weighted by Crippen LogP contribution is -2.35. The summed E-state index contributed by atoms with van der Waals surface area (Å²) >= 11 is 3.41. The molecule has 28 heavy (non-hydrogen) atoms. The molecule has 3 aromatic heterocycles. The minimum atomic E-state index is -0.179. The average Bonchev–Trinajstić information content (AvgIpc) is 3.25. The van der Waals surface area contributed by atoms with Crippen LogP contribution in [0.2, 0.25) is 0 Å². The zero-order chi connectivity index (χ0) is 19.7. The number of fused-ring (bicyclic) bond motifs is 1. The van der Waals surface area contributed by atoms with Gasteiger partial charge in [0.25, 0.3) is 0 Å². The molecule has 0 spiro atoms. The molecule has 1 aliphatic heterocycles. The van der Waals surface area contributed by atoms with Gasteiger partial charge < -0.3 is 9.64 Å². The Balaban J connectivity index is 1.70. The minimum Gasteiger partial charge on any atom is -0.468 e. The molecule has 0 amide bonds. The van der Waals surface area contributed by atoms with Crippen molar-refractivity contribution in [2.75, 3.05) is 44.7 Å². The molecule has 0 N–H and O–H groups in total. The van der Waals surface area contributed by atoms with E-state index in [1.54, 1.807) is 22.7 Å². The Morgan fingerprint density at radius 1 is 1.21 bits per heavy atom. The number of thiophene rings is 2. The van der Waals surface area contributed by atoms with Crippen molar-refractivity contribution in [1.82, 2.24) is 14.9 Å². The fourth-order valence-electron chi connectivity index (χ4n) is 3.56. The number of carbonyl (C=O) groups is 1. The number of carbonyl (C=O) groups excluding carboxylic acids is 1. The van der Waals surface area contributed by atoms with E-state index < -0.39 is 0 Å². The first-order valence-electron chi connectivity index (χ1n) is 9.42. The van der Waals surface area contributed by atoms with Crippen molar-refractivity contribution in [2.24, 2.45) is 0 Å². The fourth-order valence-corrected chi connectivity index (χ4v) is 5.24. The van der Waals surface area contributed by atoms with E-state index in [4.69, 9.17) is 14.7 Å². The van der Waals surface area contributed by atoms with Gasteiger partial charge in [0.05, 0.1) is 23.9 Å². The van der Waals surface area contributed by atoms with E-state index in [9.17, 15) is 4.79 Å². The number of hydrogen-bond donors (Lipinski definition) is 0. The van der Waals surface area contributed by atoms with E-state index >= 15 is 0 Å². The molecule has 1 fully saturated rings. The van der Waals surface area contributed by atoms with Gasteiger partial charge in [0.1, 0.15) is 10.6 Å². The van der Waals surface area contributed by atoms with Crippen LogP contribution < -0.4 is 4.90 Å². The molecule has 8 heteroatoms. The van der Waals surface area contributed by atoms with E-state index in [1.165, 1.54) is 22.9 Å². The maximum absolute atomic E-state index is 11.6. The van der Waals surface area contributed by atoms with Crippen LogP contribution in [-0.4, -0.2) is 60.7 Å². The number of nitrogens with zero attached hydrogens (tertiary/aromatic N) is 4. The number of hydrogen-bond acceptors (Lipinski definition) is 8. The number of rotatable bonds is 4. The minimum absolute atomic E-state index is 0.179. The quantitative estimate of drug-likeness (QED) is 0.604. The summed E-state index contributed by atoms with van der Waals surface area (Å²) in [5, 5.41) is 3.23. The number of ether oxygens (including phenoxy) is 1. The lowest BCUT2D eigenvalue weighted by molar-refractivity contribution is -0.141. The third-order valence-corrected chi connectivity index (χ3v) is 7.19. The van der Waals surface area contributed by atoms with Crippen LogP contribution in [0.3, 0.4) is 0 Å². The summed E-state index contributed by atoms with van der Waals surface area (Å²) in [4.78, 5) is 29.5. The Bertz CT molecular complexity index is 984. The molecule has 0 radical (unpaired) electrons. The zero-order valence-electron chi connectivity index (χ0n) is 16.4. The van der Waals surface area contributed by atoms with Gasteiger partial charge in [-0.3, -0.25) is 9.69 Å². The van der Waals surface area contributed by atoms with Crippen molar-refractivity contribution < 1.29 is 9.53 Å². The van der Waals surface area contributed by atoms with Crippen LogP contribution in [0.4, 0.5) is 5.82 Å². The van der Waals surface area contributed by atoms with E-state index in [-0.39, 0.29) is 5.97 Å². The largest absolute Gasteiger partial charge is 0.468 e. The molecule has 1 aliphatic rings. The van der Waals surface area contributed by atoms with Crippen molar-refractivity contribution in [2.45, 2.75) is 20.3 Å². The van der Waals surface area contributed by atoms with E-state index in [2.05, 4.69) is 35.1 Å². The Hall–Kier alpha value is -2.03. The molecule has 4 heterocycles. The first kappa shape index (κ1) is 19.3. The van der Waals surface area contributed by atoms with Crippen LogP contribution >= 0.6 is 22.7 Å². The fraction of sp³-hybridized carbons (Fsp3) is 0.450. The van der Waals surface area contributed by atoms with Gasteiger partial charge in [-0.2, -0.15) is 0 Å². The monoisotopic (exact) mass is 416 g/mol. The molecule has 0 aromatic carbocycles. The summed E-state index contributed by atoms with van der Waals surface area (Å²) in [5.41, 5.74) is 1.27. The molecule has 0 saturated carbocycles. The topological polar surface area (TPSA) is 58.6 Å². The highest BCUT2D eigenvalue weighted by molar-refractivity contribution is 7.19. The molecule has 4 rings (SSSR count). The van der Waals surface area contributed by atoms with E-state index in [0.29, 0.717) is 6.54 Å². The third kappa shape index (κ3) is 3.76. The first-order chi connectivity index (χ1) is 13.6. The van der Waals surface area contributed by atoms with Gasteiger partial charge >= 0.3 is 5.97 Å². The van der Waals surface area contributed by atoms with Gasteiger partial charge in [-0.05, 0) is 37.3 Å². The summed E-state index contributed by atoms with van der Waals surface area (Å²) in [6.07, 6.45) is 0.985. The van der Waals surface area contributed by atoms with Crippen LogP contribution in [0, 0.1) is 13.8 Å². The summed E-state index contributed by atoms with van der Waals surface area (Å²) in [7, 11) is 1.44. The number of aromatic nitrogens is 2. The molecule has 0 aliphatic carbocycles. The molecular formula is C20H24N4O2S2. The second-order valence-corrected chi connectivity index (χ2v) is 9.16. The van der Waals surface area contributed by atoms with Gasteiger partial charge in [-0.25, -0.2) is 9.97 Å². The zero-order valence-corrected chi connectivity index (χ0v) is 18.0. The average molecular weight is 417 g/mol. The van der Waals surface area contributed by atoms with Gasteiger partial charge in [-0.15, -0.1) is 22.7 Å². The van der Waals surface area contributed by atoms with Crippen LogP contribution in [0.5, 0.6) is 0 Å². The van der Waals surface area contributed by atoms with Crippen LogP contribution in [0.15, 0.2) is 17.5 Å². The Morgan fingerprint density at radius 3 is 2.82 bits per heavy atom. The number of esters is 1. The Kier molecular flexibility index (Phi) is 5.61. The highest BCUT2D eigenvalue weighted by Gasteiger charge is 2.23. The Morgan fingerprint density at radius 2 is 2.07 bits per heavy atom. The smallest absolute Gasteiger partial charge is 0.319 e. The molecule has 0 unspecified atom stereocenters. The molecule has 6 nitrogen and oxygen atoms in total. The molecule has 3 aromatic rings. The predicted octanol–water partition coefficient (Wildman–Crippen LogP) is 3.72. The van der Waals surface area contributed by atoms with Crippen LogP contribution in [0.25, 0.3) is 20.9 Å². The van der Waals surface area contributed by atoms with Crippen molar-refractivity contribution in [3.63, 3.8) is 0 Å². The molecule has 0 bridgehead atoms. The first-order valence-corrected chi connectivity index (χ1v) is 11.1. The molecule has 1 saturated heterocycles. The normalized spacial score (nSPS) is 15.8. The predicted molar refractivity (Wildman–Crippen MR) is 115 cm³/mol. The lowest BCUT2D eigenvalue weighted by Gasteiger charge is -2.23. The standard InChI is InChI=1S/C20H24N4O2S2/c1-13-14(2)28-20-17(13)19(21-18(22-20)15-6-4-11-27-15)24-8-5-7-23(9-10-24)12-16(25)26-3/h4,6,11H,5,7-10,12H2,1-3H3. The van der Waals surface area contributed by atoms with Crippen molar-refractivity contribution >= 4 is 44.7 Å². The third-order valence-electron chi connectivity index (χ3n) is 5.22. The van der Waals surface area contributed by atoms with Crippen LogP contribution in [-0.2, 0) is 9.53 Å². The molecule has 148 valence electrons. The summed E-state index contributed by atoms with van der Waals surface area (Å²) in [5.74, 6) is 1.65. The van der Waals surface area contributed by atoms with E-state index in [1.807, 2.05) is 6.07 Å². The lowest BCUT2D eigenvalue weighted by atomic mass is 10.2. The highest BCUT2D eigenvalue weighted by Crippen LogP contribution is 2.37. The van der Waals surface area contributed by atoms with Gasteiger partial charge in [0, 0.05) is 31.1 Å².